The van der Waals surface area contributed by atoms with Gasteiger partial charge in [0.25, 0.3) is 0 Å². The summed E-state index contributed by atoms with van der Waals surface area (Å²) in [4.78, 5) is 2.53. The number of anilines is 1. The monoisotopic (exact) mass is 407 g/mol. The molecule has 1 aromatic heterocycles. The quantitative estimate of drug-likeness (QED) is 0.544. The van der Waals surface area contributed by atoms with Crippen molar-refractivity contribution >= 4 is 27.9 Å². The molecule has 0 radical (unpaired) electrons. The first-order valence-electron chi connectivity index (χ1n) is 8.81. The molecule has 1 aromatic carbocycles. The fourth-order valence-corrected chi connectivity index (χ4v) is 4.57. The summed E-state index contributed by atoms with van der Waals surface area (Å²) in [6.45, 7) is 7.74. The van der Waals surface area contributed by atoms with Crippen LogP contribution in [-0.2, 0) is 29.7 Å². The highest BCUT2D eigenvalue weighted by Gasteiger charge is 2.23. The Bertz CT molecular complexity index is 1020. The number of hydrogen-bond donors (Lipinski definition) is 0. The molecule has 1 aliphatic rings. The summed E-state index contributed by atoms with van der Waals surface area (Å²) in [7, 11) is -0.341. The van der Waals surface area contributed by atoms with Crippen molar-refractivity contribution in [1.82, 2.24) is 18.7 Å². The number of benzene rings is 1. The van der Waals surface area contributed by atoms with E-state index in [4.69, 9.17) is 12.2 Å². The first-order chi connectivity index (χ1) is 12.8. The molecule has 3 rings (SSSR count). The fraction of sp³-hybridized carbons (Fsp3) is 0.444. The maximum absolute atomic E-state index is 12.4. The predicted molar refractivity (Wildman–Crippen MR) is 109 cm³/mol. The molecule has 0 bridgehead atoms. The smallest absolute Gasteiger partial charge is 0.242 e. The molecular formula is C18H25N5O2S2. The topological polar surface area (TPSA) is 63.4 Å². The van der Waals surface area contributed by atoms with E-state index in [1.165, 1.54) is 4.31 Å². The van der Waals surface area contributed by atoms with Gasteiger partial charge in [-0.15, -0.1) is 6.58 Å². The molecule has 0 saturated carbocycles. The standard InChI is InChI=1S/C18H25N5O2S2/c1-5-10-22-14(2)19-23(18(22)26)13-21-11-6-7-15-12-16(8-9-17(15)21)27(24,25)20(3)4/h5,8-9,12H,1,6-7,10-11,13H2,2-4H3. The summed E-state index contributed by atoms with van der Waals surface area (Å²) in [6.07, 6.45) is 3.62. The molecular weight excluding hydrogens is 382 g/mol. The summed E-state index contributed by atoms with van der Waals surface area (Å²) >= 11 is 5.55. The third-order valence-electron chi connectivity index (χ3n) is 4.77. The second kappa shape index (κ2) is 7.57. The summed E-state index contributed by atoms with van der Waals surface area (Å²) in [5.74, 6) is 0.851. The van der Waals surface area contributed by atoms with Gasteiger partial charge >= 0.3 is 0 Å². The molecule has 0 aliphatic carbocycles. The number of hydrogen-bond acceptors (Lipinski definition) is 5. The van der Waals surface area contributed by atoms with Crippen LogP contribution in [0.4, 0.5) is 5.69 Å². The second-order valence-corrected chi connectivity index (χ2v) is 9.33. The highest BCUT2D eigenvalue weighted by atomic mass is 32.2. The Hall–Kier alpha value is -1.97. The average Bonchev–Trinajstić information content (AvgIpc) is 2.89. The third kappa shape index (κ3) is 3.71. The van der Waals surface area contributed by atoms with E-state index in [0.29, 0.717) is 22.9 Å². The number of nitrogens with zero attached hydrogens (tertiary/aromatic N) is 5. The minimum Gasteiger partial charge on any atom is -0.352 e. The lowest BCUT2D eigenvalue weighted by Gasteiger charge is -2.31. The molecule has 0 unspecified atom stereocenters. The number of aryl methyl sites for hydroxylation is 2. The van der Waals surface area contributed by atoms with Crippen LogP contribution >= 0.6 is 12.2 Å². The number of rotatable bonds is 6. The van der Waals surface area contributed by atoms with E-state index in [1.54, 1.807) is 32.3 Å². The van der Waals surface area contributed by atoms with Crippen molar-refractivity contribution in [3.63, 3.8) is 0 Å². The summed E-state index contributed by atoms with van der Waals surface area (Å²) in [5, 5.41) is 4.56. The van der Waals surface area contributed by atoms with Gasteiger partial charge in [-0.05, 0) is 55.7 Å². The molecule has 0 fully saturated rings. The Labute approximate surface area is 165 Å². The average molecular weight is 408 g/mol. The van der Waals surface area contributed by atoms with Gasteiger partial charge in [0.15, 0.2) is 4.77 Å². The van der Waals surface area contributed by atoms with Crippen LogP contribution in [-0.4, -0.2) is 47.7 Å². The first kappa shape index (κ1) is 19.8. The maximum Gasteiger partial charge on any atom is 0.242 e. The first-order valence-corrected chi connectivity index (χ1v) is 10.7. The van der Waals surface area contributed by atoms with Crippen LogP contribution in [0.25, 0.3) is 0 Å². The van der Waals surface area contributed by atoms with E-state index in [1.807, 2.05) is 22.2 Å². The zero-order valence-electron chi connectivity index (χ0n) is 15.9. The predicted octanol–water partition coefficient (Wildman–Crippen LogP) is 2.57. The van der Waals surface area contributed by atoms with Gasteiger partial charge in [0, 0.05) is 32.9 Å². The van der Waals surface area contributed by atoms with Crippen LogP contribution in [0.5, 0.6) is 0 Å². The molecule has 27 heavy (non-hydrogen) atoms. The molecule has 2 heterocycles. The Balaban J connectivity index is 1.93. The van der Waals surface area contributed by atoms with Gasteiger partial charge in [-0.2, -0.15) is 5.10 Å². The molecule has 2 aromatic rings. The number of allylic oxidation sites excluding steroid dienone is 1. The highest BCUT2D eigenvalue weighted by molar-refractivity contribution is 7.89. The van der Waals surface area contributed by atoms with Crippen LogP contribution in [0.15, 0.2) is 35.7 Å². The Morgan fingerprint density at radius 2 is 2.11 bits per heavy atom. The molecule has 1 aliphatic heterocycles. The van der Waals surface area contributed by atoms with E-state index in [0.717, 1.165) is 36.5 Å². The van der Waals surface area contributed by atoms with Crippen LogP contribution in [0.1, 0.15) is 17.8 Å². The molecule has 0 saturated heterocycles. The Morgan fingerprint density at radius 3 is 2.78 bits per heavy atom. The summed E-state index contributed by atoms with van der Waals surface area (Å²) in [5.41, 5.74) is 2.08. The fourth-order valence-electron chi connectivity index (χ4n) is 3.31. The third-order valence-corrected chi connectivity index (χ3v) is 7.01. The SMILES string of the molecule is C=CCn1c(C)nn(CN2CCCc3cc(S(=O)(=O)N(C)C)ccc32)c1=S. The Kier molecular flexibility index (Phi) is 5.55. The van der Waals surface area contributed by atoms with E-state index in [9.17, 15) is 8.42 Å². The molecule has 146 valence electrons. The van der Waals surface area contributed by atoms with Gasteiger partial charge in [0.2, 0.25) is 10.0 Å². The summed E-state index contributed by atoms with van der Waals surface area (Å²) < 4.78 is 30.5. The molecule has 9 heteroatoms. The van der Waals surface area contributed by atoms with E-state index < -0.39 is 10.0 Å². The molecule has 0 amide bonds. The number of fused-ring (bicyclic) bond motifs is 1. The van der Waals surface area contributed by atoms with Crippen LogP contribution < -0.4 is 4.90 Å². The molecule has 0 N–H and O–H groups in total. The lowest BCUT2D eigenvalue weighted by molar-refractivity contribution is 0.519. The zero-order chi connectivity index (χ0) is 19.8. The van der Waals surface area contributed by atoms with Crippen molar-refractivity contribution in [2.45, 2.75) is 37.9 Å². The zero-order valence-corrected chi connectivity index (χ0v) is 17.6. The largest absolute Gasteiger partial charge is 0.352 e. The van der Waals surface area contributed by atoms with Crippen molar-refractivity contribution < 1.29 is 8.42 Å². The normalized spacial score (nSPS) is 14.4. The highest BCUT2D eigenvalue weighted by Crippen LogP contribution is 2.30. The van der Waals surface area contributed by atoms with Crippen molar-refractivity contribution in [2.24, 2.45) is 0 Å². The number of sulfonamides is 1. The van der Waals surface area contributed by atoms with Gasteiger partial charge in [0.1, 0.15) is 12.5 Å². The van der Waals surface area contributed by atoms with Crippen molar-refractivity contribution in [1.29, 1.82) is 0 Å². The van der Waals surface area contributed by atoms with Gasteiger partial charge in [0.05, 0.1) is 4.90 Å². The molecule has 0 spiro atoms. The van der Waals surface area contributed by atoms with Crippen LogP contribution in [0.2, 0.25) is 0 Å². The van der Waals surface area contributed by atoms with Crippen molar-refractivity contribution in [3.8, 4) is 0 Å². The molecule has 0 atom stereocenters. The van der Waals surface area contributed by atoms with Crippen LogP contribution in [0, 0.1) is 11.7 Å². The van der Waals surface area contributed by atoms with E-state index in [2.05, 4.69) is 16.6 Å². The summed E-state index contributed by atoms with van der Waals surface area (Å²) in [6, 6.07) is 5.35. The lowest BCUT2D eigenvalue weighted by atomic mass is 10.0. The second-order valence-electron chi connectivity index (χ2n) is 6.81. The van der Waals surface area contributed by atoms with Gasteiger partial charge in [-0.3, -0.25) is 0 Å². The van der Waals surface area contributed by atoms with Crippen molar-refractivity contribution in [2.75, 3.05) is 25.5 Å². The lowest BCUT2D eigenvalue weighted by Crippen LogP contribution is -2.32. The maximum atomic E-state index is 12.4. The van der Waals surface area contributed by atoms with Gasteiger partial charge in [-0.25, -0.2) is 17.4 Å². The Morgan fingerprint density at radius 1 is 1.37 bits per heavy atom. The van der Waals surface area contributed by atoms with E-state index >= 15 is 0 Å². The minimum absolute atomic E-state index is 0.329. The molecule has 7 nitrogen and oxygen atoms in total. The van der Waals surface area contributed by atoms with Crippen molar-refractivity contribution in [3.05, 3.63) is 47.0 Å². The van der Waals surface area contributed by atoms with E-state index in [-0.39, 0.29) is 0 Å². The van der Waals surface area contributed by atoms with Gasteiger partial charge < -0.3 is 9.47 Å². The van der Waals surface area contributed by atoms with Gasteiger partial charge in [-0.1, -0.05) is 6.08 Å². The minimum atomic E-state index is -3.43. The van der Waals surface area contributed by atoms with Crippen LogP contribution in [0.3, 0.4) is 0 Å². The number of aromatic nitrogens is 3.